The van der Waals surface area contributed by atoms with Crippen molar-refractivity contribution < 1.29 is 9.18 Å². The summed E-state index contributed by atoms with van der Waals surface area (Å²) in [6, 6.07) is 4.41. The summed E-state index contributed by atoms with van der Waals surface area (Å²) in [4.78, 5) is 11.8. The fraction of sp³-hybridized carbons (Fsp3) is 0.500. The largest absolute Gasteiger partial charge is 0.372 e. The number of halogens is 1. The van der Waals surface area contributed by atoms with Crippen LogP contribution in [0.15, 0.2) is 18.2 Å². The first-order valence-electron chi connectivity index (χ1n) is 6.04. The zero-order valence-corrected chi connectivity index (χ0v) is 11.6. The summed E-state index contributed by atoms with van der Waals surface area (Å²) in [5, 5.41) is 5.72. The van der Waals surface area contributed by atoms with Crippen molar-refractivity contribution in [2.75, 3.05) is 5.32 Å². The Morgan fingerprint density at radius 3 is 2.44 bits per heavy atom. The third-order valence-electron chi connectivity index (χ3n) is 2.39. The van der Waals surface area contributed by atoms with E-state index in [1.807, 2.05) is 27.7 Å². The molecule has 0 aliphatic rings. The lowest BCUT2D eigenvalue weighted by molar-refractivity contribution is -0.122. The predicted molar refractivity (Wildman–Crippen MR) is 72.1 cm³/mol. The van der Waals surface area contributed by atoms with Gasteiger partial charge in [0.15, 0.2) is 0 Å². The quantitative estimate of drug-likeness (QED) is 0.868. The summed E-state index contributed by atoms with van der Waals surface area (Å²) in [5.74, 6) is -0.493. The molecule has 0 aliphatic carbocycles. The molecule has 2 N–H and O–H groups in total. The Kier molecular flexibility index (Phi) is 4.33. The minimum atomic E-state index is -0.485. The highest BCUT2D eigenvalue weighted by molar-refractivity contribution is 5.84. The molecule has 3 nitrogen and oxygen atoms in total. The van der Waals surface area contributed by atoms with Crippen LogP contribution < -0.4 is 10.6 Å². The maximum Gasteiger partial charge on any atom is 0.242 e. The van der Waals surface area contributed by atoms with Crippen LogP contribution in [-0.4, -0.2) is 17.5 Å². The van der Waals surface area contributed by atoms with Gasteiger partial charge in [0.1, 0.15) is 11.9 Å². The molecule has 1 amide bonds. The van der Waals surface area contributed by atoms with Crippen molar-refractivity contribution in [3.8, 4) is 0 Å². The number of amides is 1. The van der Waals surface area contributed by atoms with Crippen LogP contribution >= 0.6 is 0 Å². The van der Waals surface area contributed by atoms with Crippen LogP contribution in [0.4, 0.5) is 10.1 Å². The second-order valence-corrected chi connectivity index (χ2v) is 5.59. The van der Waals surface area contributed by atoms with Crippen LogP contribution in [0.25, 0.3) is 0 Å². The summed E-state index contributed by atoms with van der Waals surface area (Å²) >= 11 is 0. The van der Waals surface area contributed by atoms with Gasteiger partial charge >= 0.3 is 0 Å². The lowest BCUT2D eigenvalue weighted by Gasteiger charge is -2.24. The monoisotopic (exact) mass is 252 g/mol. The van der Waals surface area contributed by atoms with Crippen molar-refractivity contribution in [2.45, 2.75) is 46.2 Å². The summed E-state index contributed by atoms with van der Waals surface area (Å²) in [6.45, 7) is 9.25. The molecule has 0 fully saturated rings. The number of aryl methyl sites for hydroxylation is 1. The molecule has 1 rings (SSSR count). The number of hydrogen-bond acceptors (Lipinski definition) is 2. The SMILES string of the molecule is Cc1ccc(NC(C)C(=O)NC(C)(C)C)c(F)c1. The smallest absolute Gasteiger partial charge is 0.242 e. The minimum absolute atomic E-state index is 0.150. The molecule has 1 aromatic rings. The number of rotatable bonds is 3. The first-order valence-corrected chi connectivity index (χ1v) is 6.04. The van der Waals surface area contributed by atoms with Crippen molar-refractivity contribution in [3.63, 3.8) is 0 Å². The Labute approximate surface area is 108 Å². The van der Waals surface area contributed by atoms with Crippen molar-refractivity contribution in [2.24, 2.45) is 0 Å². The molecule has 0 aliphatic heterocycles. The van der Waals surface area contributed by atoms with Crippen molar-refractivity contribution in [1.29, 1.82) is 0 Å². The fourth-order valence-corrected chi connectivity index (χ4v) is 1.51. The Morgan fingerprint density at radius 2 is 1.94 bits per heavy atom. The minimum Gasteiger partial charge on any atom is -0.372 e. The molecule has 0 bridgehead atoms. The molecule has 0 saturated carbocycles. The second-order valence-electron chi connectivity index (χ2n) is 5.59. The van der Waals surface area contributed by atoms with Gasteiger partial charge in [0, 0.05) is 5.54 Å². The van der Waals surface area contributed by atoms with Gasteiger partial charge in [-0.2, -0.15) is 0 Å². The zero-order valence-electron chi connectivity index (χ0n) is 11.6. The average Bonchev–Trinajstić information content (AvgIpc) is 2.19. The number of hydrogen-bond donors (Lipinski definition) is 2. The Hall–Kier alpha value is -1.58. The first-order chi connectivity index (χ1) is 8.19. The van der Waals surface area contributed by atoms with Gasteiger partial charge < -0.3 is 10.6 Å². The molecule has 1 unspecified atom stereocenters. The lowest BCUT2D eigenvalue weighted by atomic mass is 10.1. The number of carbonyl (C=O) groups is 1. The van der Waals surface area contributed by atoms with Crippen LogP contribution in [0.5, 0.6) is 0 Å². The summed E-state index contributed by atoms with van der Waals surface area (Å²) in [5.41, 5.74) is 0.903. The molecule has 0 heterocycles. The number of anilines is 1. The molecule has 0 aromatic heterocycles. The molecule has 0 radical (unpaired) electrons. The molecule has 1 atom stereocenters. The fourth-order valence-electron chi connectivity index (χ4n) is 1.51. The van der Waals surface area contributed by atoms with E-state index in [1.54, 1.807) is 19.1 Å². The van der Waals surface area contributed by atoms with Gasteiger partial charge in [-0.15, -0.1) is 0 Å². The van der Waals surface area contributed by atoms with Crippen LogP contribution in [0, 0.1) is 12.7 Å². The van der Waals surface area contributed by atoms with Gasteiger partial charge in [-0.1, -0.05) is 6.07 Å². The molecule has 4 heteroatoms. The van der Waals surface area contributed by atoms with E-state index in [-0.39, 0.29) is 17.3 Å². The van der Waals surface area contributed by atoms with Gasteiger partial charge in [0.2, 0.25) is 5.91 Å². The normalized spacial score (nSPS) is 13.0. The van der Waals surface area contributed by atoms with E-state index in [0.29, 0.717) is 5.69 Å². The van der Waals surface area contributed by atoms with Crippen molar-refractivity contribution in [3.05, 3.63) is 29.6 Å². The molecule has 0 saturated heterocycles. The summed E-state index contributed by atoms with van der Waals surface area (Å²) in [6.07, 6.45) is 0. The molecular formula is C14H21FN2O. The molecular weight excluding hydrogens is 231 g/mol. The topological polar surface area (TPSA) is 41.1 Å². The maximum atomic E-state index is 13.6. The molecule has 1 aromatic carbocycles. The highest BCUT2D eigenvalue weighted by atomic mass is 19.1. The van der Waals surface area contributed by atoms with Gasteiger partial charge in [-0.25, -0.2) is 4.39 Å². The van der Waals surface area contributed by atoms with Gasteiger partial charge in [0.05, 0.1) is 5.69 Å². The van der Waals surface area contributed by atoms with Gasteiger partial charge in [-0.3, -0.25) is 4.79 Å². The Morgan fingerprint density at radius 1 is 1.33 bits per heavy atom. The van der Waals surface area contributed by atoms with Gasteiger partial charge in [-0.05, 0) is 52.3 Å². The molecule has 100 valence electrons. The van der Waals surface area contributed by atoms with E-state index in [1.165, 1.54) is 6.07 Å². The van der Waals surface area contributed by atoms with Crippen LogP contribution in [0.3, 0.4) is 0 Å². The van der Waals surface area contributed by atoms with E-state index in [2.05, 4.69) is 10.6 Å². The van der Waals surface area contributed by atoms with E-state index in [0.717, 1.165) is 5.56 Å². The Balaban J connectivity index is 2.69. The van der Waals surface area contributed by atoms with E-state index in [4.69, 9.17) is 0 Å². The third kappa shape index (κ3) is 4.35. The first kappa shape index (κ1) is 14.5. The van der Waals surface area contributed by atoms with Crippen LogP contribution in [-0.2, 0) is 4.79 Å². The maximum absolute atomic E-state index is 13.6. The lowest BCUT2D eigenvalue weighted by Crippen LogP contribution is -2.47. The van der Waals surface area contributed by atoms with Crippen molar-refractivity contribution in [1.82, 2.24) is 5.32 Å². The average molecular weight is 252 g/mol. The van der Waals surface area contributed by atoms with E-state index >= 15 is 0 Å². The van der Waals surface area contributed by atoms with E-state index in [9.17, 15) is 9.18 Å². The second kappa shape index (κ2) is 5.38. The standard InChI is InChI=1S/C14H21FN2O/c1-9-6-7-12(11(15)8-9)16-10(2)13(18)17-14(3,4)5/h6-8,10,16H,1-5H3,(H,17,18). The number of nitrogens with one attached hydrogen (secondary N) is 2. The summed E-state index contributed by atoms with van der Waals surface area (Å²) < 4.78 is 13.6. The highest BCUT2D eigenvalue weighted by Gasteiger charge is 2.19. The summed E-state index contributed by atoms with van der Waals surface area (Å²) in [7, 11) is 0. The van der Waals surface area contributed by atoms with Crippen LogP contribution in [0.1, 0.15) is 33.3 Å². The molecule has 18 heavy (non-hydrogen) atoms. The number of carbonyl (C=O) groups excluding carboxylic acids is 1. The van der Waals surface area contributed by atoms with Crippen molar-refractivity contribution >= 4 is 11.6 Å². The van der Waals surface area contributed by atoms with E-state index < -0.39 is 6.04 Å². The third-order valence-corrected chi connectivity index (χ3v) is 2.39. The predicted octanol–water partition coefficient (Wildman–Crippen LogP) is 2.85. The Bertz CT molecular complexity index is 438. The van der Waals surface area contributed by atoms with Gasteiger partial charge in [0.25, 0.3) is 0 Å². The van der Waals surface area contributed by atoms with Crippen LogP contribution in [0.2, 0.25) is 0 Å². The number of benzene rings is 1. The zero-order chi connectivity index (χ0) is 13.9. The highest BCUT2D eigenvalue weighted by Crippen LogP contribution is 2.16. The molecule has 0 spiro atoms.